The number of amides is 2. The number of hydrogen-bond acceptors (Lipinski definition) is 5. The van der Waals surface area contributed by atoms with Crippen molar-refractivity contribution in [2.45, 2.75) is 31.9 Å². The maximum absolute atomic E-state index is 12.6. The molecule has 1 fully saturated rings. The number of benzene rings is 1. The lowest BCUT2D eigenvalue weighted by molar-refractivity contribution is -0.156. The molecule has 1 aromatic carbocycles. The van der Waals surface area contributed by atoms with Crippen molar-refractivity contribution in [3.05, 3.63) is 51.7 Å². The number of nitrogens with one attached hydrogen (secondary N) is 1. The average molecular weight is 407 g/mol. The topological polar surface area (TPSA) is 75.7 Å². The molecule has 2 heterocycles. The first kappa shape index (κ1) is 19.4. The fourth-order valence-corrected chi connectivity index (χ4v) is 3.78. The minimum Gasteiger partial charge on any atom is -0.451 e. The van der Waals surface area contributed by atoms with E-state index in [1.165, 1.54) is 23.2 Å². The van der Waals surface area contributed by atoms with Gasteiger partial charge in [0, 0.05) is 17.3 Å². The quantitative estimate of drug-likeness (QED) is 0.770. The molecule has 27 heavy (non-hydrogen) atoms. The highest BCUT2D eigenvalue weighted by molar-refractivity contribution is 7.12. The summed E-state index contributed by atoms with van der Waals surface area (Å²) in [6, 6.07) is 9.56. The number of likely N-dealkylation sites (tertiary alicyclic amines) is 1. The van der Waals surface area contributed by atoms with E-state index in [1.807, 2.05) is 5.38 Å². The van der Waals surface area contributed by atoms with Gasteiger partial charge in [-0.2, -0.15) is 0 Å². The van der Waals surface area contributed by atoms with E-state index in [9.17, 15) is 14.4 Å². The van der Waals surface area contributed by atoms with Crippen LogP contribution in [0.3, 0.4) is 0 Å². The predicted octanol–water partition coefficient (Wildman–Crippen LogP) is 3.58. The van der Waals surface area contributed by atoms with Gasteiger partial charge in [-0.3, -0.25) is 9.59 Å². The summed E-state index contributed by atoms with van der Waals surface area (Å²) in [5.41, 5.74) is 0.519. The van der Waals surface area contributed by atoms with Crippen LogP contribution in [0.15, 0.2) is 41.8 Å². The number of halogens is 1. The van der Waals surface area contributed by atoms with Crippen LogP contribution in [0.1, 0.15) is 29.4 Å². The third-order valence-corrected chi connectivity index (χ3v) is 5.36. The number of anilines is 1. The van der Waals surface area contributed by atoms with Crippen LogP contribution in [-0.4, -0.2) is 41.4 Å². The summed E-state index contributed by atoms with van der Waals surface area (Å²) in [4.78, 5) is 39.5. The molecule has 1 aliphatic rings. The van der Waals surface area contributed by atoms with Gasteiger partial charge in [0.15, 0.2) is 6.10 Å². The van der Waals surface area contributed by atoms with E-state index in [-0.39, 0.29) is 5.91 Å². The minimum absolute atomic E-state index is 0.180. The Hall–Kier alpha value is -2.38. The highest BCUT2D eigenvalue weighted by Crippen LogP contribution is 2.23. The molecule has 1 saturated heterocycles. The Morgan fingerprint density at radius 1 is 1.30 bits per heavy atom. The molecule has 0 aliphatic carbocycles. The second-order valence-electron chi connectivity index (χ2n) is 6.21. The van der Waals surface area contributed by atoms with Crippen LogP contribution >= 0.6 is 22.9 Å². The fraction of sp³-hybridized carbons (Fsp3) is 0.316. The van der Waals surface area contributed by atoms with Gasteiger partial charge in [0.05, 0.1) is 4.88 Å². The van der Waals surface area contributed by atoms with Crippen molar-refractivity contribution in [2.24, 2.45) is 0 Å². The Morgan fingerprint density at radius 2 is 2.11 bits per heavy atom. The second kappa shape index (κ2) is 8.54. The van der Waals surface area contributed by atoms with E-state index in [0.29, 0.717) is 28.6 Å². The van der Waals surface area contributed by atoms with E-state index in [2.05, 4.69) is 5.32 Å². The molecule has 3 rings (SSSR count). The molecule has 142 valence electrons. The summed E-state index contributed by atoms with van der Waals surface area (Å²) < 4.78 is 5.32. The lowest BCUT2D eigenvalue weighted by Crippen LogP contribution is -2.43. The number of thiophene rings is 1. The first-order valence-corrected chi connectivity index (χ1v) is 9.83. The number of ether oxygens (including phenoxy) is 1. The maximum atomic E-state index is 12.6. The third-order valence-electron chi connectivity index (χ3n) is 4.27. The van der Waals surface area contributed by atoms with Gasteiger partial charge in [-0.05, 0) is 49.4 Å². The SMILES string of the molecule is C[C@H](OC(=O)[C@@H]1CCCN1C(=O)c1cccs1)C(=O)Nc1cccc(Cl)c1. The van der Waals surface area contributed by atoms with Crippen molar-refractivity contribution in [3.8, 4) is 0 Å². The van der Waals surface area contributed by atoms with Gasteiger partial charge in [-0.1, -0.05) is 23.7 Å². The van der Waals surface area contributed by atoms with Crippen LogP contribution < -0.4 is 5.32 Å². The first-order valence-electron chi connectivity index (χ1n) is 8.57. The molecule has 1 aromatic heterocycles. The molecular formula is C19H19ClN2O4S. The third kappa shape index (κ3) is 4.67. The summed E-state index contributed by atoms with van der Waals surface area (Å²) in [6.45, 7) is 2.00. The summed E-state index contributed by atoms with van der Waals surface area (Å²) in [7, 11) is 0. The predicted molar refractivity (Wildman–Crippen MR) is 104 cm³/mol. The monoisotopic (exact) mass is 406 g/mol. The molecule has 1 aliphatic heterocycles. The van der Waals surface area contributed by atoms with Crippen molar-refractivity contribution in [3.63, 3.8) is 0 Å². The number of carbonyl (C=O) groups excluding carboxylic acids is 3. The number of esters is 1. The molecule has 6 nitrogen and oxygen atoms in total. The standard InChI is InChI=1S/C19H19ClN2O4S/c1-12(17(23)21-14-6-2-5-13(20)11-14)26-19(25)15-7-3-9-22(15)18(24)16-8-4-10-27-16/h2,4-6,8,10-12,15H,3,7,9H2,1H3,(H,21,23)/t12-,15-/m0/s1. The average Bonchev–Trinajstić information content (AvgIpc) is 3.33. The molecular weight excluding hydrogens is 388 g/mol. The van der Waals surface area contributed by atoms with Crippen molar-refractivity contribution in [2.75, 3.05) is 11.9 Å². The summed E-state index contributed by atoms with van der Waals surface area (Å²) in [5.74, 6) is -1.20. The largest absolute Gasteiger partial charge is 0.451 e. The Kier molecular flexibility index (Phi) is 6.13. The van der Waals surface area contributed by atoms with Crippen molar-refractivity contribution >= 4 is 46.4 Å². The van der Waals surface area contributed by atoms with Crippen LogP contribution in [0.2, 0.25) is 5.02 Å². The zero-order valence-corrected chi connectivity index (χ0v) is 16.3. The number of carbonyl (C=O) groups is 3. The van der Waals surface area contributed by atoms with Gasteiger partial charge in [-0.15, -0.1) is 11.3 Å². The molecule has 8 heteroatoms. The lowest BCUT2D eigenvalue weighted by atomic mass is 10.2. The van der Waals surface area contributed by atoms with E-state index in [1.54, 1.807) is 36.4 Å². The number of rotatable bonds is 5. The van der Waals surface area contributed by atoms with Crippen LogP contribution in [-0.2, 0) is 14.3 Å². The second-order valence-corrected chi connectivity index (χ2v) is 7.60. The molecule has 2 aromatic rings. The normalized spacial score (nSPS) is 17.4. The van der Waals surface area contributed by atoms with Crippen LogP contribution in [0.25, 0.3) is 0 Å². The zero-order valence-electron chi connectivity index (χ0n) is 14.7. The minimum atomic E-state index is -0.990. The Labute approximate surface area is 166 Å². The van der Waals surface area contributed by atoms with Crippen LogP contribution in [0.4, 0.5) is 5.69 Å². The Morgan fingerprint density at radius 3 is 2.81 bits per heavy atom. The van der Waals surface area contributed by atoms with Crippen LogP contribution in [0.5, 0.6) is 0 Å². The van der Waals surface area contributed by atoms with Crippen molar-refractivity contribution in [1.82, 2.24) is 4.90 Å². The van der Waals surface area contributed by atoms with Crippen molar-refractivity contribution in [1.29, 1.82) is 0 Å². The summed E-state index contributed by atoms with van der Waals surface area (Å²) >= 11 is 7.23. The smallest absolute Gasteiger partial charge is 0.329 e. The highest BCUT2D eigenvalue weighted by Gasteiger charge is 2.37. The Bertz CT molecular complexity index is 840. The Balaban J connectivity index is 1.60. The van der Waals surface area contributed by atoms with Gasteiger partial charge in [0.25, 0.3) is 11.8 Å². The van der Waals surface area contributed by atoms with Gasteiger partial charge < -0.3 is 15.0 Å². The van der Waals surface area contributed by atoms with Gasteiger partial charge in [-0.25, -0.2) is 4.79 Å². The molecule has 1 N–H and O–H groups in total. The molecule has 0 unspecified atom stereocenters. The molecule has 2 atom stereocenters. The van der Waals surface area contributed by atoms with Crippen LogP contribution in [0, 0.1) is 0 Å². The number of hydrogen-bond donors (Lipinski definition) is 1. The van der Waals surface area contributed by atoms with E-state index in [4.69, 9.17) is 16.3 Å². The molecule has 0 radical (unpaired) electrons. The first-order chi connectivity index (χ1) is 13.0. The molecule has 0 spiro atoms. The van der Waals surface area contributed by atoms with E-state index >= 15 is 0 Å². The molecule has 2 amide bonds. The summed E-state index contributed by atoms with van der Waals surface area (Å²) in [5, 5.41) is 4.97. The summed E-state index contributed by atoms with van der Waals surface area (Å²) in [6.07, 6.45) is 0.259. The highest BCUT2D eigenvalue weighted by atomic mass is 35.5. The van der Waals surface area contributed by atoms with E-state index in [0.717, 1.165) is 6.42 Å². The van der Waals surface area contributed by atoms with Gasteiger partial charge in [0.1, 0.15) is 6.04 Å². The molecule has 0 bridgehead atoms. The van der Waals surface area contributed by atoms with Gasteiger partial charge >= 0.3 is 5.97 Å². The zero-order chi connectivity index (χ0) is 19.4. The number of nitrogens with zero attached hydrogens (tertiary/aromatic N) is 1. The van der Waals surface area contributed by atoms with E-state index < -0.39 is 24.0 Å². The maximum Gasteiger partial charge on any atom is 0.329 e. The lowest BCUT2D eigenvalue weighted by Gasteiger charge is -2.24. The van der Waals surface area contributed by atoms with Crippen molar-refractivity contribution < 1.29 is 19.1 Å². The fourth-order valence-electron chi connectivity index (χ4n) is 2.91. The van der Waals surface area contributed by atoms with Gasteiger partial charge in [0.2, 0.25) is 0 Å². The molecule has 0 saturated carbocycles.